The quantitative estimate of drug-likeness (QED) is 0.148. The minimum atomic E-state index is -4.98. The molecule has 0 radical (unpaired) electrons. The number of hydrogen-bond acceptors (Lipinski definition) is 10. The van der Waals surface area contributed by atoms with Gasteiger partial charge in [0.1, 0.15) is 32.8 Å². The maximum atomic E-state index is 12.8. The van der Waals surface area contributed by atoms with Crippen molar-refractivity contribution < 1.29 is 62.4 Å². The molecule has 37 heavy (non-hydrogen) atoms. The summed E-state index contributed by atoms with van der Waals surface area (Å²) in [5.41, 5.74) is 3.97. The Labute approximate surface area is 234 Å². The number of phenolic OH excluding ortho intramolecular Hbond substituents is 2. The minimum Gasteiger partial charge on any atom is -0.744 e. The molecule has 0 aromatic heterocycles. The van der Waals surface area contributed by atoms with Crippen LogP contribution in [0.1, 0.15) is 21.5 Å². The molecular formula is C25H20N3NaO7S. The second kappa shape index (κ2) is 11.3. The van der Waals surface area contributed by atoms with E-state index in [0.717, 1.165) is 23.3 Å². The van der Waals surface area contributed by atoms with Gasteiger partial charge in [-0.25, -0.2) is 18.7 Å². The maximum absolute atomic E-state index is 12.8. The van der Waals surface area contributed by atoms with Crippen LogP contribution >= 0.6 is 0 Å². The fourth-order valence-electron chi connectivity index (χ4n) is 3.57. The number of nitrogens with one attached hydrogen (secondary N) is 1. The normalized spacial score (nSPS) is 11.3. The van der Waals surface area contributed by atoms with Crippen molar-refractivity contribution in [1.82, 2.24) is 0 Å². The number of anilines is 1. The molecule has 4 aromatic rings. The molecule has 0 fully saturated rings. The molecule has 0 aliphatic carbocycles. The van der Waals surface area contributed by atoms with E-state index >= 15 is 0 Å². The number of aromatic hydroxyl groups is 2. The zero-order valence-corrected chi connectivity index (χ0v) is 22.9. The van der Waals surface area contributed by atoms with Gasteiger partial charge in [0, 0.05) is 5.39 Å². The zero-order valence-electron chi connectivity index (χ0n) is 20.1. The molecule has 0 saturated carbocycles. The average Bonchev–Trinajstić information content (AvgIpc) is 2.82. The number of carbonyl (C=O) groups is 1. The molecule has 3 N–H and O–H groups in total. The van der Waals surface area contributed by atoms with Gasteiger partial charge in [-0.3, -0.25) is 0 Å². The van der Waals surface area contributed by atoms with Crippen LogP contribution in [0.3, 0.4) is 0 Å². The average molecular weight is 530 g/mol. The van der Waals surface area contributed by atoms with E-state index in [1.54, 1.807) is 30.3 Å². The monoisotopic (exact) mass is 529 g/mol. The van der Waals surface area contributed by atoms with E-state index in [2.05, 4.69) is 15.7 Å². The molecule has 0 saturated heterocycles. The first-order chi connectivity index (χ1) is 17.1. The Kier molecular flexibility index (Phi) is 8.57. The van der Waals surface area contributed by atoms with Crippen LogP contribution in [0.5, 0.6) is 11.5 Å². The number of benzene rings is 4. The smallest absolute Gasteiger partial charge is 0.744 e. The Hall–Kier alpha value is -3.48. The predicted molar refractivity (Wildman–Crippen MR) is 131 cm³/mol. The van der Waals surface area contributed by atoms with Gasteiger partial charge in [-0.05, 0) is 49.1 Å². The number of fused-ring (bicyclic) bond motifs is 1. The molecule has 0 aliphatic rings. The van der Waals surface area contributed by atoms with Crippen LogP contribution in [-0.2, 0) is 15.0 Å². The van der Waals surface area contributed by atoms with Crippen molar-refractivity contribution in [1.29, 1.82) is 0 Å². The molecule has 184 valence electrons. The Balaban J connectivity index is 0.00000380. The van der Waals surface area contributed by atoms with Crippen LogP contribution in [0.4, 0.5) is 17.1 Å². The van der Waals surface area contributed by atoms with Crippen LogP contribution in [0.15, 0.2) is 81.9 Å². The van der Waals surface area contributed by atoms with Crippen LogP contribution in [0.2, 0.25) is 0 Å². The summed E-state index contributed by atoms with van der Waals surface area (Å²) in [4.78, 5) is 17.2. The maximum Gasteiger partial charge on any atom is 1.00 e. The molecular weight excluding hydrogens is 509 g/mol. The molecule has 0 unspecified atom stereocenters. The van der Waals surface area contributed by atoms with Crippen molar-refractivity contribution in [3.63, 3.8) is 0 Å². The topological polar surface area (TPSA) is 161 Å². The third-order valence-corrected chi connectivity index (χ3v) is 6.22. The summed E-state index contributed by atoms with van der Waals surface area (Å²) in [6.45, 7) is 3.77. The second-order valence-corrected chi connectivity index (χ2v) is 9.28. The van der Waals surface area contributed by atoms with E-state index in [4.69, 9.17) is 4.84 Å². The number of carbonyl (C=O) groups excluding carboxylic acids is 1. The van der Waals surface area contributed by atoms with Gasteiger partial charge in [0.25, 0.3) is 0 Å². The molecule has 4 rings (SSSR count). The molecule has 0 spiro atoms. The van der Waals surface area contributed by atoms with Crippen LogP contribution < -0.4 is 35.0 Å². The third-order valence-electron chi connectivity index (χ3n) is 5.35. The first kappa shape index (κ1) is 28.1. The molecule has 0 atom stereocenters. The van der Waals surface area contributed by atoms with Gasteiger partial charge in [0.2, 0.25) is 0 Å². The fraction of sp³-hybridized carbons (Fsp3) is 0.0800. The molecule has 10 nitrogen and oxygen atoms in total. The summed E-state index contributed by atoms with van der Waals surface area (Å²) in [5, 5.41) is 29.5. The second-order valence-electron chi connectivity index (χ2n) is 7.93. The van der Waals surface area contributed by atoms with Crippen molar-refractivity contribution in [2.75, 3.05) is 5.48 Å². The van der Waals surface area contributed by atoms with Gasteiger partial charge in [0.15, 0.2) is 5.75 Å². The number of aryl methyl sites for hydroxylation is 2. The largest absolute Gasteiger partial charge is 1.00 e. The molecule has 0 aliphatic heterocycles. The van der Waals surface area contributed by atoms with Gasteiger partial charge in [-0.1, -0.05) is 48.0 Å². The van der Waals surface area contributed by atoms with Crippen molar-refractivity contribution in [2.45, 2.75) is 18.7 Å². The molecule has 4 aromatic carbocycles. The van der Waals surface area contributed by atoms with E-state index in [9.17, 15) is 28.0 Å². The summed E-state index contributed by atoms with van der Waals surface area (Å²) in [6, 6.07) is 16.8. The predicted octanol–water partition coefficient (Wildman–Crippen LogP) is 2.38. The molecule has 0 bridgehead atoms. The Morgan fingerprint density at radius 1 is 0.946 bits per heavy atom. The van der Waals surface area contributed by atoms with E-state index in [1.807, 2.05) is 26.0 Å². The number of nitrogens with zero attached hydrogens (tertiary/aromatic N) is 2. The van der Waals surface area contributed by atoms with Gasteiger partial charge in [-0.2, -0.15) is 0 Å². The van der Waals surface area contributed by atoms with Gasteiger partial charge in [-0.15, -0.1) is 10.2 Å². The Morgan fingerprint density at radius 3 is 2.35 bits per heavy atom. The Morgan fingerprint density at radius 2 is 1.65 bits per heavy atom. The number of phenols is 2. The van der Waals surface area contributed by atoms with Crippen molar-refractivity contribution in [3.8, 4) is 11.5 Å². The van der Waals surface area contributed by atoms with Crippen molar-refractivity contribution in [3.05, 3.63) is 83.4 Å². The van der Waals surface area contributed by atoms with Crippen molar-refractivity contribution >= 4 is 43.9 Å². The third kappa shape index (κ3) is 6.09. The fourth-order valence-corrected chi connectivity index (χ4v) is 4.20. The minimum absolute atomic E-state index is 0. The van der Waals surface area contributed by atoms with Gasteiger partial charge >= 0.3 is 35.5 Å². The SMILES string of the molecule is Cc1ccc(NOC(=O)c2cc3ccccc3c(N=Nc3c(O)cccc3S(=O)(=O)[O-])c2O)c(C)c1.[Na+]. The standard InChI is InChI=1S/C25H21N3O7S.Na/c1-14-10-11-19(15(2)12-14)28-35-25(31)18-13-16-6-3-4-7-17(16)22(24(18)30)26-27-23-20(29)8-5-9-21(23)36(32,33)34;/h3-13,28-30H,1-2H3,(H,32,33,34);/q;+1/p-1. The summed E-state index contributed by atoms with van der Waals surface area (Å²) < 4.78 is 34.8. The van der Waals surface area contributed by atoms with E-state index in [-0.39, 0.29) is 40.8 Å². The molecule has 0 heterocycles. The van der Waals surface area contributed by atoms with Gasteiger partial charge < -0.3 is 19.6 Å². The Bertz CT molecular complexity index is 1640. The van der Waals surface area contributed by atoms with E-state index < -0.39 is 38.2 Å². The summed E-state index contributed by atoms with van der Waals surface area (Å²) in [7, 11) is -4.98. The number of rotatable bonds is 6. The van der Waals surface area contributed by atoms with E-state index in [1.165, 1.54) is 12.1 Å². The number of hydrogen-bond donors (Lipinski definition) is 3. The summed E-state index contributed by atoms with van der Waals surface area (Å²) in [6.07, 6.45) is 0. The zero-order chi connectivity index (χ0) is 26.0. The first-order valence-corrected chi connectivity index (χ1v) is 12.0. The van der Waals surface area contributed by atoms with E-state index in [0.29, 0.717) is 16.5 Å². The van der Waals surface area contributed by atoms with Crippen LogP contribution in [-0.4, -0.2) is 29.2 Å². The van der Waals surface area contributed by atoms with Crippen LogP contribution in [0.25, 0.3) is 10.8 Å². The van der Waals surface area contributed by atoms with Crippen molar-refractivity contribution in [2.24, 2.45) is 10.2 Å². The first-order valence-electron chi connectivity index (χ1n) is 10.5. The van der Waals surface area contributed by atoms with Gasteiger partial charge in [0.05, 0.1) is 10.6 Å². The van der Waals surface area contributed by atoms with Crippen LogP contribution in [0, 0.1) is 13.8 Å². The summed E-state index contributed by atoms with van der Waals surface area (Å²) in [5.74, 6) is -2.11. The molecule has 0 amide bonds. The number of azo groups is 1. The summed E-state index contributed by atoms with van der Waals surface area (Å²) >= 11 is 0. The molecule has 12 heteroatoms.